The first-order chi connectivity index (χ1) is 11.0. The number of rotatable bonds is 4. The van der Waals surface area contributed by atoms with Crippen LogP contribution in [-0.4, -0.2) is 14.2 Å². The SMILES string of the molecule is COc1cc(OC)cc(/C(C#N)=C/c2c(C)cc(C)cc2C)c1. The fourth-order valence-electron chi connectivity index (χ4n) is 2.71. The van der Waals surface area contributed by atoms with Gasteiger partial charge in [-0.1, -0.05) is 17.7 Å². The number of aryl methyl sites for hydroxylation is 3. The van der Waals surface area contributed by atoms with Gasteiger partial charge in [0.15, 0.2) is 0 Å². The molecule has 0 radical (unpaired) electrons. The highest BCUT2D eigenvalue weighted by atomic mass is 16.5. The molecule has 0 spiro atoms. The Kier molecular flexibility index (Phi) is 5.08. The second-order valence-corrected chi connectivity index (χ2v) is 5.58. The molecule has 0 unspecified atom stereocenters. The summed E-state index contributed by atoms with van der Waals surface area (Å²) in [5.74, 6) is 1.33. The van der Waals surface area contributed by atoms with Crippen LogP contribution in [0.25, 0.3) is 11.6 Å². The standard InChI is InChI=1S/C20H21NO2/c1-13-6-14(2)20(15(3)7-13)10-17(12-21)16-8-18(22-4)11-19(9-16)23-5/h6-11H,1-5H3/b17-10+. The van der Waals surface area contributed by atoms with Gasteiger partial charge in [0.25, 0.3) is 0 Å². The van der Waals surface area contributed by atoms with Gasteiger partial charge in [0.1, 0.15) is 11.5 Å². The van der Waals surface area contributed by atoms with E-state index < -0.39 is 0 Å². The van der Waals surface area contributed by atoms with E-state index in [0.29, 0.717) is 17.1 Å². The molecule has 3 nitrogen and oxygen atoms in total. The Hall–Kier alpha value is -2.73. The molecule has 0 aliphatic rings. The Balaban J connectivity index is 2.59. The topological polar surface area (TPSA) is 42.2 Å². The lowest BCUT2D eigenvalue weighted by atomic mass is 9.96. The molecule has 2 aromatic carbocycles. The van der Waals surface area contributed by atoms with Crippen LogP contribution in [-0.2, 0) is 0 Å². The zero-order chi connectivity index (χ0) is 17.0. The van der Waals surface area contributed by atoms with Crippen molar-refractivity contribution in [1.82, 2.24) is 0 Å². The van der Waals surface area contributed by atoms with Crippen LogP contribution >= 0.6 is 0 Å². The molecule has 2 aromatic rings. The third kappa shape index (κ3) is 3.73. The van der Waals surface area contributed by atoms with E-state index in [4.69, 9.17) is 9.47 Å². The van der Waals surface area contributed by atoms with Crippen molar-refractivity contribution in [2.45, 2.75) is 20.8 Å². The summed E-state index contributed by atoms with van der Waals surface area (Å²) in [6.45, 7) is 6.20. The highest BCUT2D eigenvalue weighted by Crippen LogP contribution is 2.29. The highest BCUT2D eigenvalue weighted by molar-refractivity contribution is 5.91. The van der Waals surface area contributed by atoms with E-state index in [1.54, 1.807) is 20.3 Å². The Morgan fingerprint density at radius 1 is 0.913 bits per heavy atom. The van der Waals surface area contributed by atoms with Gasteiger partial charge in [-0.15, -0.1) is 0 Å². The van der Waals surface area contributed by atoms with E-state index in [1.807, 2.05) is 18.2 Å². The molecular formula is C20H21NO2. The van der Waals surface area contributed by atoms with Crippen molar-refractivity contribution in [1.29, 1.82) is 5.26 Å². The minimum Gasteiger partial charge on any atom is -0.497 e. The number of ether oxygens (including phenoxy) is 2. The van der Waals surface area contributed by atoms with Crippen LogP contribution in [0.2, 0.25) is 0 Å². The summed E-state index contributed by atoms with van der Waals surface area (Å²) in [7, 11) is 3.20. The number of methoxy groups -OCH3 is 2. The van der Waals surface area contributed by atoms with E-state index >= 15 is 0 Å². The quantitative estimate of drug-likeness (QED) is 0.607. The number of hydrogen-bond acceptors (Lipinski definition) is 3. The fourth-order valence-corrected chi connectivity index (χ4v) is 2.71. The second-order valence-electron chi connectivity index (χ2n) is 5.58. The van der Waals surface area contributed by atoms with E-state index in [-0.39, 0.29) is 0 Å². The summed E-state index contributed by atoms with van der Waals surface area (Å²) >= 11 is 0. The number of nitrogens with zero attached hydrogens (tertiary/aromatic N) is 1. The summed E-state index contributed by atoms with van der Waals surface area (Å²) in [5.41, 5.74) is 5.98. The molecule has 0 saturated carbocycles. The Bertz CT molecular complexity index is 753. The predicted molar refractivity (Wildman–Crippen MR) is 93.7 cm³/mol. The molecule has 0 saturated heterocycles. The van der Waals surface area contributed by atoms with Crippen LogP contribution in [0.3, 0.4) is 0 Å². The zero-order valence-electron chi connectivity index (χ0n) is 14.2. The largest absolute Gasteiger partial charge is 0.497 e. The average Bonchev–Trinajstić information content (AvgIpc) is 2.53. The van der Waals surface area contributed by atoms with Gasteiger partial charge in [-0.2, -0.15) is 5.26 Å². The minimum atomic E-state index is 0.581. The maximum Gasteiger partial charge on any atom is 0.123 e. The third-order valence-electron chi connectivity index (χ3n) is 3.81. The molecule has 0 amide bonds. The van der Waals surface area contributed by atoms with Crippen molar-refractivity contribution >= 4 is 11.6 Å². The fraction of sp³-hybridized carbons (Fsp3) is 0.250. The summed E-state index contributed by atoms with van der Waals surface area (Å²) in [6.07, 6.45) is 1.93. The highest BCUT2D eigenvalue weighted by Gasteiger charge is 2.09. The molecule has 0 N–H and O–H groups in total. The van der Waals surface area contributed by atoms with E-state index in [1.165, 1.54) is 5.56 Å². The monoisotopic (exact) mass is 307 g/mol. The second kappa shape index (κ2) is 7.02. The first-order valence-electron chi connectivity index (χ1n) is 7.41. The molecule has 0 fully saturated rings. The van der Waals surface area contributed by atoms with Crippen LogP contribution in [0.1, 0.15) is 27.8 Å². The van der Waals surface area contributed by atoms with Crippen molar-refractivity contribution in [3.8, 4) is 17.6 Å². The Morgan fingerprint density at radius 3 is 1.87 bits per heavy atom. The first kappa shape index (κ1) is 16.6. The smallest absolute Gasteiger partial charge is 0.123 e. The Morgan fingerprint density at radius 2 is 1.43 bits per heavy atom. The molecule has 23 heavy (non-hydrogen) atoms. The zero-order valence-corrected chi connectivity index (χ0v) is 14.2. The van der Waals surface area contributed by atoms with Gasteiger partial charge in [-0.25, -0.2) is 0 Å². The molecule has 0 aliphatic carbocycles. The van der Waals surface area contributed by atoms with Gasteiger partial charge in [-0.3, -0.25) is 0 Å². The number of nitriles is 1. The van der Waals surface area contributed by atoms with Gasteiger partial charge >= 0.3 is 0 Å². The van der Waals surface area contributed by atoms with Crippen molar-refractivity contribution in [2.24, 2.45) is 0 Å². The maximum absolute atomic E-state index is 9.60. The first-order valence-corrected chi connectivity index (χ1v) is 7.41. The molecule has 0 bridgehead atoms. The summed E-state index contributed by atoms with van der Waals surface area (Å²) in [6, 6.07) is 12.0. The third-order valence-corrected chi connectivity index (χ3v) is 3.81. The van der Waals surface area contributed by atoms with Gasteiger partial charge in [0.05, 0.1) is 25.9 Å². The number of allylic oxidation sites excluding steroid dienone is 1. The number of benzene rings is 2. The van der Waals surface area contributed by atoms with Gasteiger partial charge in [0, 0.05) is 6.07 Å². The Labute approximate surface area is 137 Å². The molecule has 2 rings (SSSR count). The van der Waals surface area contributed by atoms with E-state index in [9.17, 15) is 5.26 Å². The van der Waals surface area contributed by atoms with Gasteiger partial charge in [-0.05, 0) is 61.2 Å². The lowest BCUT2D eigenvalue weighted by molar-refractivity contribution is 0.394. The molecular weight excluding hydrogens is 286 g/mol. The van der Waals surface area contributed by atoms with Crippen molar-refractivity contribution < 1.29 is 9.47 Å². The number of hydrogen-bond donors (Lipinski definition) is 0. The van der Waals surface area contributed by atoms with Crippen LogP contribution in [0.15, 0.2) is 30.3 Å². The molecule has 0 aromatic heterocycles. The predicted octanol–water partition coefficient (Wildman–Crippen LogP) is 4.69. The van der Waals surface area contributed by atoms with Crippen LogP contribution in [0, 0.1) is 32.1 Å². The van der Waals surface area contributed by atoms with Gasteiger partial charge < -0.3 is 9.47 Å². The molecule has 0 atom stereocenters. The van der Waals surface area contributed by atoms with Crippen LogP contribution in [0.5, 0.6) is 11.5 Å². The van der Waals surface area contributed by atoms with Crippen molar-refractivity contribution in [3.05, 3.63) is 58.1 Å². The van der Waals surface area contributed by atoms with Crippen molar-refractivity contribution in [2.75, 3.05) is 14.2 Å². The lowest BCUT2D eigenvalue weighted by Crippen LogP contribution is -1.93. The summed E-state index contributed by atoms with van der Waals surface area (Å²) < 4.78 is 10.6. The molecule has 0 aliphatic heterocycles. The average molecular weight is 307 g/mol. The summed E-state index contributed by atoms with van der Waals surface area (Å²) in [4.78, 5) is 0. The van der Waals surface area contributed by atoms with Crippen LogP contribution < -0.4 is 9.47 Å². The molecule has 0 heterocycles. The van der Waals surface area contributed by atoms with Gasteiger partial charge in [0.2, 0.25) is 0 Å². The maximum atomic E-state index is 9.60. The van der Waals surface area contributed by atoms with E-state index in [2.05, 4.69) is 39.0 Å². The molecule has 3 heteroatoms. The lowest BCUT2D eigenvalue weighted by Gasteiger charge is -2.10. The normalized spacial score (nSPS) is 11.0. The van der Waals surface area contributed by atoms with Crippen molar-refractivity contribution in [3.63, 3.8) is 0 Å². The van der Waals surface area contributed by atoms with E-state index in [0.717, 1.165) is 22.3 Å². The van der Waals surface area contributed by atoms with Crippen LogP contribution in [0.4, 0.5) is 0 Å². The molecule has 118 valence electrons. The minimum absolute atomic E-state index is 0.581. The summed E-state index contributed by atoms with van der Waals surface area (Å²) in [5, 5.41) is 9.60.